The number of carbonyl (C=O) groups is 1. The molecule has 0 aliphatic carbocycles. The van der Waals surface area contributed by atoms with Gasteiger partial charge >= 0.3 is 6.09 Å². The van der Waals surface area contributed by atoms with Crippen molar-refractivity contribution in [3.8, 4) is 0 Å². The Morgan fingerprint density at radius 1 is 1.44 bits per heavy atom. The molecule has 106 valence electrons. The minimum Gasteiger partial charge on any atom is -0.753 e. The van der Waals surface area contributed by atoms with Crippen LogP contribution in [0.15, 0.2) is 0 Å². The van der Waals surface area contributed by atoms with Crippen molar-refractivity contribution in [2.75, 3.05) is 32.7 Å². The maximum absolute atomic E-state index is 11.8. The summed E-state index contributed by atoms with van der Waals surface area (Å²) in [5.41, 5.74) is -0.630. The lowest BCUT2D eigenvalue weighted by atomic mass is 10.2. The van der Waals surface area contributed by atoms with Crippen molar-refractivity contribution in [1.82, 2.24) is 15.3 Å². The van der Waals surface area contributed by atoms with Gasteiger partial charge in [0.25, 0.3) is 0 Å². The summed E-state index contributed by atoms with van der Waals surface area (Å²) in [5.74, 6) is 0. The number of hydrogen-bond donors (Lipinski definition) is 1. The predicted octanol–water partition coefficient (Wildman–Crippen LogP) is 1.02. The second-order valence-electron chi connectivity index (χ2n) is 5.71. The molecule has 1 heterocycles. The summed E-state index contributed by atoms with van der Waals surface area (Å²) in [5, 5.41) is 15.5. The Labute approximate surface area is 109 Å². The fraction of sp³-hybridized carbons (Fsp3) is 0.917. The number of nitrogens with one attached hydrogen (secondary N) is 1. The Balaban J connectivity index is 2.39. The number of rotatable bonds is 3. The first-order chi connectivity index (χ1) is 8.29. The van der Waals surface area contributed by atoms with Crippen LogP contribution in [-0.4, -0.2) is 60.4 Å². The van der Waals surface area contributed by atoms with Gasteiger partial charge in [0.1, 0.15) is 5.60 Å². The summed E-state index contributed by atoms with van der Waals surface area (Å²) in [6.45, 7) is 11.3. The average Bonchev–Trinajstić information content (AvgIpc) is 2.27. The molecule has 6 nitrogen and oxygen atoms in total. The van der Waals surface area contributed by atoms with Crippen molar-refractivity contribution < 1.29 is 9.53 Å². The third-order valence-corrected chi connectivity index (χ3v) is 2.71. The number of ether oxygens (including phenoxy) is 1. The fourth-order valence-corrected chi connectivity index (χ4v) is 1.83. The summed E-state index contributed by atoms with van der Waals surface area (Å²) in [6.07, 6.45) is -0.801. The molecule has 1 atom stereocenters. The van der Waals surface area contributed by atoms with Crippen LogP contribution >= 0.6 is 0 Å². The molecule has 0 aromatic carbocycles. The lowest BCUT2D eigenvalue weighted by Gasteiger charge is -2.39. The number of hydroxylamine groups is 2. The highest BCUT2D eigenvalue weighted by Crippen LogP contribution is 2.11. The van der Waals surface area contributed by atoms with Gasteiger partial charge in [-0.15, -0.1) is 0 Å². The standard InChI is InChI=1S/C12H24N3O3/c1-10(9-14-7-5-13-6-8-14)15(17)11(16)18-12(2,3)4/h10,13H,5-9H2,1-4H3/q-1. The molecule has 6 heteroatoms. The Morgan fingerprint density at radius 3 is 2.50 bits per heavy atom. The van der Waals surface area contributed by atoms with Crippen molar-refractivity contribution in [3.05, 3.63) is 5.21 Å². The van der Waals surface area contributed by atoms with Gasteiger partial charge in [-0.25, -0.2) is 4.79 Å². The van der Waals surface area contributed by atoms with Gasteiger partial charge in [-0.2, -0.15) is 0 Å². The van der Waals surface area contributed by atoms with E-state index in [1.54, 1.807) is 27.7 Å². The van der Waals surface area contributed by atoms with E-state index >= 15 is 0 Å². The van der Waals surface area contributed by atoms with Gasteiger partial charge in [0.05, 0.1) is 0 Å². The highest BCUT2D eigenvalue weighted by molar-refractivity contribution is 5.68. The van der Waals surface area contributed by atoms with Crippen molar-refractivity contribution in [1.29, 1.82) is 0 Å². The van der Waals surface area contributed by atoms with E-state index in [2.05, 4.69) is 10.2 Å². The lowest BCUT2D eigenvalue weighted by molar-refractivity contribution is 0.0249. The number of carbonyl (C=O) groups excluding carboxylic acids is 1. The SMILES string of the molecule is CC(CN1CCNCC1)N([O-])C(=O)OC(C)(C)C. The number of hydrogen-bond acceptors (Lipinski definition) is 5. The van der Waals surface area contributed by atoms with Crippen molar-refractivity contribution in [3.63, 3.8) is 0 Å². The summed E-state index contributed by atoms with van der Waals surface area (Å²) in [7, 11) is 0. The van der Waals surface area contributed by atoms with Crippen LogP contribution in [0.1, 0.15) is 27.7 Å². The topological polar surface area (TPSA) is 67.9 Å². The number of piperazine rings is 1. The van der Waals surface area contributed by atoms with Crippen molar-refractivity contribution >= 4 is 6.09 Å². The minimum absolute atomic E-state index is 0.391. The maximum Gasteiger partial charge on any atom is 0.399 e. The molecule has 1 aliphatic rings. The fourth-order valence-electron chi connectivity index (χ4n) is 1.83. The predicted molar refractivity (Wildman–Crippen MR) is 70.2 cm³/mol. The van der Waals surface area contributed by atoms with E-state index in [-0.39, 0.29) is 0 Å². The zero-order valence-electron chi connectivity index (χ0n) is 11.7. The molecule has 1 amide bonds. The van der Waals surface area contributed by atoms with Crippen LogP contribution in [-0.2, 0) is 4.74 Å². The van der Waals surface area contributed by atoms with Crippen LogP contribution < -0.4 is 5.32 Å². The van der Waals surface area contributed by atoms with Gasteiger partial charge in [0.2, 0.25) is 0 Å². The van der Waals surface area contributed by atoms with Gasteiger partial charge in [-0.3, -0.25) is 4.90 Å². The third kappa shape index (κ3) is 5.20. The molecule has 0 bridgehead atoms. The van der Waals surface area contributed by atoms with E-state index in [4.69, 9.17) is 4.74 Å². The molecule has 1 aliphatic heterocycles. The molecule has 0 aromatic rings. The van der Waals surface area contributed by atoms with Gasteiger partial charge in [-0.1, -0.05) is 0 Å². The quantitative estimate of drug-likeness (QED) is 0.765. The van der Waals surface area contributed by atoms with E-state index < -0.39 is 17.7 Å². The lowest BCUT2D eigenvalue weighted by Crippen LogP contribution is -2.49. The number of nitrogens with zero attached hydrogens (tertiary/aromatic N) is 2. The van der Waals surface area contributed by atoms with Gasteiger partial charge in [-0.05, 0) is 27.7 Å². The molecular weight excluding hydrogens is 234 g/mol. The highest BCUT2D eigenvalue weighted by atomic mass is 16.6. The van der Waals surface area contributed by atoms with Crippen molar-refractivity contribution in [2.24, 2.45) is 0 Å². The summed E-state index contributed by atoms with van der Waals surface area (Å²) in [4.78, 5) is 13.8. The van der Waals surface area contributed by atoms with E-state index in [0.717, 1.165) is 26.2 Å². The van der Waals surface area contributed by atoms with Crippen molar-refractivity contribution in [2.45, 2.75) is 39.3 Å². The number of amides is 1. The van der Waals surface area contributed by atoms with Crippen LogP contribution in [0.2, 0.25) is 0 Å². The average molecular weight is 258 g/mol. The molecule has 0 radical (unpaired) electrons. The van der Waals surface area contributed by atoms with E-state index in [1.807, 2.05) is 0 Å². The second kappa shape index (κ2) is 6.36. The summed E-state index contributed by atoms with van der Waals surface area (Å²) >= 11 is 0. The molecule has 1 fully saturated rings. The molecular formula is C12H24N3O3-. The molecule has 0 saturated carbocycles. The normalized spacial score (nSPS) is 19.4. The molecule has 1 unspecified atom stereocenters. The first-order valence-corrected chi connectivity index (χ1v) is 6.42. The van der Waals surface area contributed by atoms with E-state index in [1.165, 1.54) is 0 Å². The molecule has 1 rings (SSSR count). The Hall–Kier alpha value is -0.850. The van der Waals surface area contributed by atoms with E-state index in [9.17, 15) is 10.0 Å². The molecule has 1 N–H and O–H groups in total. The Bertz CT molecular complexity index is 272. The maximum atomic E-state index is 11.8. The zero-order chi connectivity index (χ0) is 13.8. The van der Waals surface area contributed by atoms with E-state index in [0.29, 0.717) is 11.6 Å². The zero-order valence-corrected chi connectivity index (χ0v) is 11.7. The minimum atomic E-state index is -0.801. The summed E-state index contributed by atoms with van der Waals surface area (Å²) < 4.78 is 5.05. The van der Waals surface area contributed by atoms with Crippen LogP contribution in [0, 0.1) is 5.21 Å². The van der Waals surface area contributed by atoms with Crippen LogP contribution in [0.4, 0.5) is 4.79 Å². The molecule has 18 heavy (non-hydrogen) atoms. The first kappa shape index (κ1) is 15.2. The smallest absolute Gasteiger partial charge is 0.399 e. The first-order valence-electron chi connectivity index (χ1n) is 6.42. The Morgan fingerprint density at radius 2 is 2.00 bits per heavy atom. The van der Waals surface area contributed by atoms with Gasteiger partial charge in [0, 0.05) is 38.8 Å². The van der Waals surface area contributed by atoms with Crippen LogP contribution in [0.5, 0.6) is 0 Å². The monoisotopic (exact) mass is 258 g/mol. The summed E-state index contributed by atoms with van der Waals surface area (Å²) in [6, 6.07) is -0.391. The molecule has 1 saturated heterocycles. The van der Waals surface area contributed by atoms with Crippen LogP contribution in [0.3, 0.4) is 0 Å². The molecule has 0 spiro atoms. The largest absolute Gasteiger partial charge is 0.753 e. The second-order valence-corrected chi connectivity index (χ2v) is 5.71. The molecule has 0 aromatic heterocycles. The van der Waals surface area contributed by atoms with Gasteiger partial charge in [0.15, 0.2) is 0 Å². The third-order valence-electron chi connectivity index (χ3n) is 2.71. The van der Waals surface area contributed by atoms with Gasteiger partial charge < -0.3 is 20.3 Å². The Kier molecular flexibility index (Phi) is 5.37. The highest BCUT2D eigenvalue weighted by Gasteiger charge is 2.21. The van der Waals surface area contributed by atoms with Crippen LogP contribution in [0.25, 0.3) is 0 Å².